The molecule has 0 saturated carbocycles. The van der Waals surface area contributed by atoms with Crippen molar-refractivity contribution in [2.24, 2.45) is 11.8 Å². The smallest absolute Gasteiger partial charge is 0.417 e. The van der Waals surface area contributed by atoms with Gasteiger partial charge in [0.25, 0.3) is 5.91 Å². The van der Waals surface area contributed by atoms with Gasteiger partial charge in [-0.05, 0) is 18.1 Å². The van der Waals surface area contributed by atoms with Crippen LogP contribution in [0.1, 0.15) is 22.8 Å². The molecule has 2 N–H and O–H groups in total. The summed E-state index contributed by atoms with van der Waals surface area (Å²) in [6.07, 6.45) is -4.68. The number of amides is 2. The second-order valence-electron chi connectivity index (χ2n) is 5.95. The van der Waals surface area contributed by atoms with Gasteiger partial charge in [0.2, 0.25) is 5.91 Å². The van der Waals surface area contributed by atoms with Gasteiger partial charge in [-0.1, -0.05) is 19.1 Å². The zero-order valence-corrected chi connectivity index (χ0v) is 13.3. The number of carboxylic acids is 1. The number of nitrogens with one attached hydrogen (secondary N) is 1. The first-order valence-electron chi connectivity index (χ1n) is 7.56. The summed E-state index contributed by atoms with van der Waals surface area (Å²) in [6, 6.07) is 4.28. The molecule has 0 aliphatic carbocycles. The maximum Gasteiger partial charge on any atom is 0.417 e. The molecule has 1 aliphatic rings. The third kappa shape index (κ3) is 4.28. The van der Waals surface area contributed by atoms with Gasteiger partial charge >= 0.3 is 12.1 Å². The number of rotatable bonds is 4. The molecule has 0 spiro atoms. The van der Waals surface area contributed by atoms with Gasteiger partial charge in [0.1, 0.15) is 0 Å². The highest BCUT2D eigenvalue weighted by Gasteiger charge is 2.37. The minimum Gasteiger partial charge on any atom is -0.481 e. The molecule has 1 heterocycles. The molecule has 0 radical (unpaired) electrons. The number of likely N-dealkylation sites (tertiary alicyclic amines) is 1. The van der Waals surface area contributed by atoms with E-state index >= 15 is 0 Å². The molecule has 6 nitrogen and oxygen atoms in total. The lowest BCUT2D eigenvalue weighted by Crippen LogP contribution is -2.39. The molecular formula is C16H17F3N2O4. The number of alkyl halides is 3. The Morgan fingerprint density at radius 1 is 1.24 bits per heavy atom. The zero-order valence-electron chi connectivity index (χ0n) is 13.3. The van der Waals surface area contributed by atoms with Gasteiger partial charge in [0.05, 0.1) is 23.6 Å². The molecule has 1 fully saturated rings. The van der Waals surface area contributed by atoms with E-state index in [4.69, 9.17) is 5.11 Å². The molecule has 1 saturated heterocycles. The van der Waals surface area contributed by atoms with Crippen molar-refractivity contribution in [3.63, 3.8) is 0 Å². The van der Waals surface area contributed by atoms with Crippen LogP contribution in [0.2, 0.25) is 0 Å². The van der Waals surface area contributed by atoms with E-state index in [1.807, 2.05) is 0 Å². The molecule has 136 valence electrons. The number of carboxylic acid groups (broad SMARTS) is 1. The molecule has 25 heavy (non-hydrogen) atoms. The van der Waals surface area contributed by atoms with E-state index in [0.717, 1.165) is 12.1 Å². The van der Waals surface area contributed by atoms with Crippen LogP contribution >= 0.6 is 0 Å². The lowest BCUT2D eigenvalue weighted by atomic mass is 9.99. The predicted molar refractivity (Wildman–Crippen MR) is 80.6 cm³/mol. The van der Waals surface area contributed by atoms with Gasteiger partial charge in [0.15, 0.2) is 0 Å². The van der Waals surface area contributed by atoms with Gasteiger partial charge in [0, 0.05) is 13.1 Å². The van der Waals surface area contributed by atoms with Crippen molar-refractivity contribution in [1.29, 1.82) is 0 Å². The number of carbonyl (C=O) groups excluding carboxylic acids is 2. The first-order valence-corrected chi connectivity index (χ1v) is 7.56. The maximum absolute atomic E-state index is 12.9. The van der Waals surface area contributed by atoms with Gasteiger partial charge in [-0.15, -0.1) is 0 Å². The minimum atomic E-state index is -4.68. The second-order valence-corrected chi connectivity index (χ2v) is 5.95. The van der Waals surface area contributed by atoms with Crippen molar-refractivity contribution in [2.45, 2.75) is 13.1 Å². The van der Waals surface area contributed by atoms with Crippen LogP contribution in [0.3, 0.4) is 0 Å². The summed E-state index contributed by atoms with van der Waals surface area (Å²) in [5, 5.41) is 11.2. The number of carbonyl (C=O) groups is 3. The first-order chi connectivity index (χ1) is 11.6. The monoisotopic (exact) mass is 358 g/mol. The summed E-state index contributed by atoms with van der Waals surface area (Å²) in [4.78, 5) is 36.4. The molecular weight excluding hydrogens is 341 g/mol. The molecule has 0 aromatic heterocycles. The van der Waals surface area contributed by atoms with E-state index in [0.29, 0.717) is 0 Å². The Labute approximate surface area is 141 Å². The van der Waals surface area contributed by atoms with Crippen molar-refractivity contribution < 1.29 is 32.7 Å². The number of benzene rings is 1. The van der Waals surface area contributed by atoms with Gasteiger partial charge in [-0.25, -0.2) is 0 Å². The predicted octanol–water partition coefficient (Wildman–Crippen LogP) is 1.61. The second kappa shape index (κ2) is 7.12. The van der Waals surface area contributed by atoms with Gasteiger partial charge in [-0.3, -0.25) is 14.4 Å². The average molecular weight is 358 g/mol. The molecule has 2 atom stereocenters. The summed E-state index contributed by atoms with van der Waals surface area (Å²) in [7, 11) is 0. The Bertz CT molecular complexity index is 690. The van der Waals surface area contributed by atoms with Crippen LogP contribution in [0.15, 0.2) is 24.3 Å². The fourth-order valence-corrected chi connectivity index (χ4v) is 2.78. The molecule has 9 heteroatoms. The Kier molecular flexibility index (Phi) is 5.34. The number of halogens is 3. The summed E-state index contributed by atoms with van der Waals surface area (Å²) in [5.74, 6) is -3.48. The third-order valence-electron chi connectivity index (χ3n) is 4.16. The Hall–Kier alpha value is -2.58. The van der Waals surface area contributed by atoms with Crippen LogP contribution in [0.5, 0.6) is 0 Å². The summed E-state index contributed by atoms with van der Waals surface area (Å²) < 4.78 is 38.7. The van der Waals surface area contributed by atoms with Crippen LogP contribution in [0.4, 0.5) is 13.2 Å². The number of hydrogen-bond acceptors (Lipinski definition) is 3. The molecule has 1 aromatic carbocycles. The highest BCUT2D eigenvalue weighted by atomic mass is 19.4. The normalized spacial score (nSPS) is 20.4. The van der Waals surface area contributed by atoms with Gasteiger partial charge in [-0.2, -0.15) is 13.2 Å². The SMILES string of the molecule is C[C@@H]1CN(C(=O)CNC(=O)c2ccccc2C(F)(F)F)C[C@H]1C(=O)O. The summed E-state index contributed by atoms with van der Waals surface area (Å²) in [6.45, 7) is 1.45. The van der Waals surface area contributed by atoms with E-state index in [1.165, 1.54) is 17.0 Å². The molecule has 0 bridgehead atoms. The van der Waals surface area contributed by atoms with Crippen molar-refractivity contribution in [3.8, 4) is 0 Å². The standard InChI is InChI=1S/C16H17F3N2O4/c1-9-7-21(8-11(9)15(24)25)13(22)6-20-14(23)10-4-2-3-5-12(10)16(17,18)19/h2-5,9,11H,6-8H2,1H3,(H,20,23)(H,24,25)/t9-,11-/m1/s1. The Morgan fingerprint density at radius 3 is 2.44 bits per heavy atom. The van der Waals surface area contributed by atoms with E-state index in [9.17, 15) is 27.6 Å². The van der Waals surface area contributed by atoms with Crippen LogP contribution in [0, 0.1) is 11.8 Å². The van der Waals surface area contributed by atoms with Crippen LogP contribution in [-0.4, -0.2) is 47.4 Å². The van der Waals surface area contributed by atoms with E-state index in [-0.39, 0.29) is 19.0 Å². The summed E-state index contributed by atoms with van der Waals surface area (Å²) >= 11 is 0. The van der Waals surface area contributed by atoms with Crippen molar-refractivity contribution in [2.75, 3.05) is 19.6 Å². The largest absolute Gasteiger partial charge is 0.481 e. The van der Waals surface area contributed by atoms with Crippen molar-refractivity contribution in [3.05, 3.63) is 35.4 Å². The molecule has 0 unspecified atom stereocenters. The number of nitrogens with zero attached hydrogens (tertiary/aromatic N) is 1. The van der Waals surface area contributed by atoms with Crippen LogP contribution in [-0.2, 0) is 15.8 Å². The molecule has 1 aromatic rings. The van der Waals surface area contributed by atoms with E-state index < -0.39 is 47.5 Å². The van der Waals surface area contributed by atoms with E-state index in [1.54, 1.807) is 6.92 Å². The quantitative estimate of drug-likeness (QED) is 0.856. The van der Waals surface area contributed by atoms with E-state index in [2.05, 4.69) is 5.32 Å². The Balaban J connectivity index is 2.00. The lowest BCUT2D eigenvalue weighted by Gasteiger charge is -2.17. The highest BCUT2D eigenvalue weighted by Crippen LogP contribution is 2.31. The molecule has 2 rings (SSSR count). The van der Waals surface area contributed by atoms with Gasteiger partial charge < -0.3 is 15.3 Å². The summed E-state index contributed by atoms with van der Waals surface area (Å²) in [5.41, 5.74) is -1.65. The molecule has 2 amide bonds. The first kappa shape index (κ1) is 18.8. The maximum atomic E-state index is 12.9. The zero-order chi connectivity index (χ0) is 18.8. The van der Waals surface area contributed by atoms with Crippen molar-refractivity contribution >= 4 is 17.8 Å². The van der Waals surface area contributed by atoms with Crippen LogP contribution < -0.4 is 5.32 Å². The van der Waals surface area contributed by atoms with Crippen molar-refractivity contribution in [1.82, 2.24) is 10.2 Å². The minimum absolute atomic E-state index is 0.0182. The molecule has 1 aliphatic heterocycles. The fourth-order valence-electron chi connectivity index (χ4n) is 2.78. The Morgan fingerprint density at radius 2 is 1.88 bits per heavy atom. The average Bonchev–Trinajstić information content (AvgIpc) is 2.93. The fraction of sp³-hybridized carbons (Fsp3) is 0.438. The third-order valence-corrected chi connectivity index (χ3v) is 4.16. The van der Waals surface area contributed by atoms with Crippen LogP contribution in [0.25, 0.3) is 0 Å². The number of hydrogen-bond donors (Lipinski definition) is 2. The number of aliphatic carboxylic acids is 1. The highest BCUT2D eigenvalue weighted by molar-refractivity contribution is 5.98. The lowest BCUT2D eigenvalue weighted by molar-refractivity contribution is -0.142. The topological polar surface area (TPSA) is 86.7 Å².